The van der Waals surface area contributed by atoms with Crippen LogP contribution in [-0.4, -0.2) is 39.5 Å². The molecule has 0 heterocycles. The van der Waals surface area contributed by atoms with Crippen LogP contribution in [0.3, 0.4) is 0 Å². The molecular formula is C16H25NO3. The van der Waals surface area contributed by atoms with Crippen LogP contribution in [0.1, 0.15) is 25.3 Å². The molecule has 0 bridgehead atoms. The number of ether oxygens (including phenoxy) is 3. The van der Waals surface area contributed by atoms with Crippen LogP contribution in [0.25, 0.3) is 0 Å². The molecule has 4 nitrogen and oxygen atoms in total. The highest BCUT2D eigenvalue weighted by atomic mass is 16.5. The fourth-order valence-electron chi connectivity index (χ4n) is 2.56. The number of benzene rings is 1. The van der Waals surface area contributed by atoms with E-state index in [0.717, 1.165) is 43.9 Å². The number of hydrogen-bond donors (Lipinski definition) is 1. The molecule has 1 saturated carbocycles. The van der Waals surface area contributed by atoms with Crippen LogP contribution in [0.4, 0.5) is 0 Å². The monoisotopic (exact) mass is 279 g/mol. The Morgan fingerprint density at radius 1 is 1.15 bits per heavy atom. The Morgan fingerprint density at radius 3 is 2.55 bits per heavy atom. The second kappa shape index (κ2) is 7.50. The van der Waals surface area contributed by atoms with E-state index in [4.69, 9.17) is 14.2 Å². The van der Waals surface area contributed by atoms with Gasteiger partial charge < -0.3 is 19.5 Å². The van der Waals surface area contributed by atoms with Gasteiger partial charge in [-0.2, -0.15) is 0 Å². The lowest BCUT2D eigenvalue weighted by Gasteiger charge is -2.35. The van der Waals surface area contributed by atoms with Crippen LogP contribution in [0.15, 0.2) is 18.2 Å². The zero-order valence-electron chi connectivity index (χ0n) is 12.6. The third-order valence-corrected chi connectivity index (χ3v) is 3.79. The molecule has 1 aliphatic carbocycles. The summed E-state index contributed by atoms with van der Waals surface area (Å²) in [6.45, 7) is 3.86. The van der Waals surface area contributed by atoms with E-state index in [1.54, 1.807) is 14.2 Å². The predicted molar refractivity (Wildman–Crippen MR) is 79.7 cm³/mol. The molecule has 1 N–H and O–H groups in total. The summed E-state index contributed by atoms with van der Waals surface area (Å²) < 4.78 is 16.1. The minimum Gasteiger partial charge on any atom is -0.493 e. The largest absolute Gasteiger partial charge is 0.493 e. The highest BCUT2D eigenvalue weighted by Crippen LogP contribution is 2.28. The molecule has 20 heavy (non-hydrogen) atoms. The maximum Gasteiger partial charge on any atom is 0.160 e. The fraction of sp³-hybridized carbons (Fsp3) is 0.625. The number of nitrogens with one attached hydrogen (secondary N) is 1. The van der Waals surface area contributed by atoms with Crippen LogP contribution in [0.2, 0.25) is 0 Å². The van der Waals surface area contributed by atoms with E-state index < -0.39 is 0 Å². The Morgan fingerprint density at radius 2 is 1.90 bits per heavy atom. The van der Waals surface area contributed by atoms with Crippen molar-refractivity contribution < 1.29 is 14.2 Å². The first-order valence-corrected chi connectivity index (χ1v) is 7.32. The molecule has 1 fully saturated rings. The van der Waals surface area contributed by atoms with Gasteiger partial charge in [0.05, 0.1) is 20.3 Å². The Hall–Kier alpha value is -1.26. The van der Waals surface area contributed by atoms with Gasteiger partial charge >= 0.3 is 0 Å². The van der Waals surface area contributed by atoms with E-state index in [0.29, 0.717) is 12.1 Å². The molecule has 0 radical (unpaired) electrons. The van der Waals surface area contributed by atoms with Gasteiger partial charge in [-0.3, -0.25) is 0 Å². The van der Waals surface area contributed by atoms with Gasteiger partial charge in [-0.25, -0.2) is 0 Å². The van der Waals surface area contributed by atoms with Gasteiger partial charge in [0.2, 0.25) is 0 Å². The molecule has 112 valence electrons. The van der Waals surface area contributed by atoms with E-state index in [1.165, 1.54) is 5.56 Å². The molecule has 0 amide bonds. The molecule has 1 aromatic rings. The van der Waals surface area contributed by atoms with Crippen LogP contribution < -0.4 is 14.8 Å². The fourth-order valence-corrected chi connectivity index (χ4v) is 2.56. The lowest BCUT2D eigenvalue weighted by Crippen LogP contribution is -2.46. The minimum atomic E-state index is 0.471. The summed E-state index contributed by atoms with van der Waals surface area (Å²) in [5, 5.41) is 3.57. The summed E-state index contributed by atoms with van der Waals surface area (Å²) in [4.78, 5) is 0. The Labute approximate surface area is 121 Å². The lowest BCUT2D eigenvalue weighted by atomic mass is 9.89. The number of hydrogen-bond acceptors (Lipinski definition) is 4. The van der Waals surface area contributed by atoms with Crippen molar-refractivity contribution in [2.45, 2.75) is 38.3 Å². The molecule has 0 atom stereocenters. The lowest BCUT2D eigenvalue weighted by molar-refractivity contribution is -0.00960. The summed E-state index contributed by atoms with van der Waals surface area (Å²) in [5.74, 6) is 1.58. The van der Waals surface area contributed by atoms with Gasteiger partial charge in [-0.1, -0.05) is 6.07 Å². The Balaban J connectivity index is 1.72. The summed E-state index contributed by atoms with van der Waals surface area (Å²) in [7, 11) is 3.33. The second-order valence-corrected chi connectivity index (χ2v) is 5.14. The molecule has 2 rings (SSSR count). The highest BCUT2D eigenvalue weighted by molar-refractivity contribution is 5.42. The summed E-state index contributed by atoms with van der Waals surface area (Å²) in [6, 6.07) is 6.71. The summed E-state index contributed by atoms with van der Waals surface area (Å²) in [6.07, 6.45) is 3.74. The average molecular weight is 279 g/mol. The van der Waals surface area contributed by atoms with Gasteiger partial charge in [-0.15, -0.1) is 0 Å². The maximum absolute atomic E-state index is 5.56. The molecule has 0 aromatic heterocycles. The highest BCUT2D eigenvalue weighted by Gasteiger charge is 2.28. The van der Waals surface area contributed by atoms with E-state index >= 15 is 0 Å². The van der Waals surface area contributed by atoms with Crippen LogP contribution >= 0.6 is 0 Å². The van der Waals surface area contributed by atoms with Crippen molar-refractivity contribution in [3.63, 3.8) is 0 Å². The van der Waals surface area contributed by atoms with Gasteiger partial charge in [0.15, 0.2) is 11.5 Å². The first kappa shape index (κ1) is 15.1. The van der Waals surface area contributed by atoms with Crippen molar-refractivity contribution in [1.29, 1.82) is 0 Å². The van der Waals surface area contributed by atoms with E-state index in [2.05, 4.69) is 18.3 Å². The quantitative estimate of drug-likeness (QED) is 0.793. The Bertz CT molecular complexity index is 416. The number of methoxy groups -OCH3 is 2. The third kappa shape index (κ3) is 3.87. The molecule has 1 aromatic carbocycles. The Kier molecular flexibility index (Phi) is 5.68. The van der Waals surface area contributed by atoms with Gasteiger partial charge in [0, 0.05) is 12.6 Å². The number of rotatable bonds is 8. The van der Waals surface area contributed by atoms with Crippen molar-refractivity contribution in [3.8, 4) is 11.5 Å². The molecule has 0 spiro atoms. The standard InChI is InChI=1S/C16H25NO3/c1-4-20-14-10-13(11-14)17-8-7-12-5-6-15(18-2)16(9-12)19-3/h5-6,9,13-14,17H,4,7-8,10-11H2,1-3H3. The second-order valence-electron chi connectivity index (χ2n) is 5.14. The smallest absolute Gasteiger partial charge is 0.160 e. The van der Waals surface area contributed by atoms with Crippen LogP contribution in [0, 0.1) is 0 Å². The molecule has 1 aliphatic rings. The van der Waals surface area contributed by atoms with Crippen molar-refractivity contribution >= 4 is 0 Å². The van der Waals surface area contributed by atoms with Crippen molar-refractivity contribution in [1.82, 2.24) is 5.32 Å². The molecule has 0 aliphatic heterocycles. The van der Waals surface area contributed by atoms with Crippen LogP contribution in [0.5, 0.6) is 11.5 Å². The third-order valence-electron chi connectivity index (χ3n) is 3.79. The minimum absolute atomic E-state index is 0.471. The van der Waals surface area contributed by atoms with Crippen molar-refractivity contribution in [2.75, 3.05) is 27.4 Å². The zero-order valence-corrected chi connectivity index (χ0v) is 12.6. The molecule has 0 unspecified atom stereocenters. The topological polar surface area (TPSA) is 39.7 Å². The van der Waals surface area contributed by atoms with E-state index in [-0.39, 0.29) is 0 Å². The molecule has 0 saturated heterocycles. The van der Waals surface area contributed by atoms with Crippen LogP contribution in [-0.2, 0) is 11.2 Å². The predicted octanol–water partition coefficient (Wildman–Crippen LogP) is 2.40. The normalized spacial score (nSPS) is 21.4. The van der Waals surface area contributed by atoms with Gasteiger partial charge in [-0.05, 0) is 50.4 Å². The van der Waals surface area contributed by atoms with Gasteiger partial charge in [0.25, 0.3) is 0 Å². The van der Waals surface area contributed by atoms with E-state index in [9.17, 15) is 0 Å². The summed E-state index contributed by atoms with van der Waals surface area (Å²) >= 11 is 0. The first-order chi connectivity index (χ1) is 9.76. The van der Waals surface area contributed by atoms with Crippen molar-refractivity contribution in [3.05, 3.63) is 23.8 Å². The van der Waals surface area contributed by atoms with E-state index in [1.807, 2.05) is 12.1 Å². The zero-order chi connectivity index (χ0) is 14.4. The average Bonchev–Trinajstić information content (AvgIpc) is 2.44. The molecular weight excluding hydrogens is 254 g/mol. The maximum atomic E-state index is 5.56. The van der Waals surface area contributed by atoms with Gasteiger partial charge in [0.1, 0.15) is 0 Å². The summed E-state index contributed by atoms with van der Waals surface area (Å²) in [5.41, 5.74) is 1.26. The SMILES string of the molecule is CCOC1CC(NCCc2ccc(OC)c(OC)c2)C1. The molecule has 4 heteroatoms. The van der Waals surface area contributed by atoms with Crippen molar-refractivity contribution in [2.24, 2.45) is 0 Å². The first-order valence-electron chi connectivity index (χ1n) is 7.32.